The number of piperazine rings is 1. The van der Waals surface area contributed by atoms with Crippen LogP contribution in [-0.2, 0) is 23.9 Å². The Morgan fingerprint density at radius 2 is 1.64 bits per heavy atom. The van der Waals surface area contributed by atoms with Crippen molar-refractivity contribution in [3.8, 4) is 28.0 Å². The van der Waals surface area contributed by atoms with E-state index in [4.69, 9.17) is 9.47 Å². The van der Waals surface area contributed by atoms with E-state index in [0.717, 1.165) is 73.1 Å². The number of hydrogen-bond donors (Lipinski definition) is 5. The SMILES string of the molecule is O=C(NC[C@H]1OC[C@H](Nc2nccc(C(F)(F)F)n2)[C@@H](O)[C@H]1O)N1CCN(Cc2ccc(-c3c[nH]c4ccncc34)c(OCCc3ccc(-c4cccc5ccncc45)cc3)c2)CC1. The zero-order chi connectivity index (χ0) is 44.2. The van der Waals surface area contributed by atoms with Gasteiger partial charge >= 0.3 is 12.2 Å². The van der Waals surface area contributed by atoms with Crippen LogP contribution in [0, 0.1) is 0 Å². The van der Waals surface area contributed by atoms with Crippen molar-refractivity contribution in [2.75, 3.05) is 51.3 Å². The monoisotopic (exact) mass is 873 g/mol. The van der Waals surface area contributed by atoms with Crippen LogP contribution in [0.3, 0.4) is 0 Å². The number of alkyl halides is 3. The topological polar surface area (TPSA) is 174 Å². The predicted octanol–water partition coefficient (Wildman–Crippen LogP) is 6.30. The van der Waals surface area contributed by atoms with Gasteiger partial charge in [0.1, 0.15) is 29.8 Å². The van der Waals surface area contributed by atoms with Crippen LogP contribution < -0.4 is 15.4 Å². The number of aromatic nitrogens is 5. The molecule has 0 spiro atoms. The summed E-state index contributed by atoms with van der Waals surface area (Å²) in [7, 11) is 0. The molecule has 2 aliphatic rings. The van der Waals surface area contributed by atoms with Gasteiger partial charge in [0, 0.05) is 110 Å². The summed E-state index contributed by atoms with van der Waals surface area (Å²) in [6.45, 7) is 3.04. The molecular formula is C47H46F3N9O5. The number of carbonyl (C=O) groups excluding carboxylic acids is 1. The maximum atomic E-state index is 13.2. The minimum Gasteiger partial charge on any atom is -0.493 e. The maximum Gasteiger partial charge on any atom is 0.433 e. The number of urea groups is 1. The third-order valence-electron chi connectivity index (χ3n) is 11.8. The number of fused-ring (bicyclic) bond motifs is 2. The number of hydrogen-bond acceptors (Lipinski definition) is 11. The molecule has 3 aromatic carbocycles. The van der Waals surface area contributed by atoms with Crippen molar-refractivity contribution >= 4 is 33.7 Å². The smallest absolute Gasteiger partial charge is 0.433 e. The van der Waals surface area contributed by atoms with Gasteiger partial charge in [-0.05, 0) is 51.9 Å². The van der Waals surface area contributed by atoms with Crippen LogP contribution in [-0.4, -0.2) is 121 Å². The lowest BCUT2D eigenvalue weighted by atomic mass is 9.98. The van der Waals surface area contributed by atoms with Gasteiger partial charge in [-0.15, -0.1) is 0 Å². The van der Waals surface area contributed by atoms with Crippen molar-refractivity contribution < 1.29 is 37.7 Å². The van der Waals surface area contributed by atoms with E-state index in [2.05, 4.69) is 101 Å². The molecule has 0 saturated carbocycles. The highest BCUT2D eigenvalue weighted by Crippen LogP contribution is 2.36. The van der Waals surface area contributed by atoms with Crippen LogP contribution in [0.15, 0.2) is 116 Å². The molecule has 0 radical (unpaired) electrons. The average molecular weight is 874 g/mol. The zero-order valence-electron chi connectivity index (χ0n) is 34.6. The Kier molecular flexibility index (Phi) is 12.4. The Morgan fingerprint density at radius 1 is 0.859 bits per heavy atom. The third-order valence-corrected chi connectivity index (χ3v) is 11.8. The van der Waals surface area contributed by atoms with E-state index >= 15 is 0 Å². The number of aliphatic hydroxyl groups excluding tert-OH is 2. The fourth-order valence-corrected chi connectivity index (χ4v) is 8.30. The number of benzene rings is 3. The molecule has 0 bridgehead atoms. The first-order chi connectivity index (χ1) is 31.1. The summed E-state index contributed by atoms with van der Waals surface area (Å²) < 4.78 is 51.6. The van der Waals surface area contributed by atoms with Crippen LogP contribution in [0.4, 0.5) is 23.9 Å². The number of pyridine rings is 2. The molecule has 64 heavy (non-hydrogen) atoms. The van der Waals surface area contributed by atoms with Crippen molar-refractivity contribution in [2.24, 2.45) is 0 Å². The molecule has 4 atom stereocenters. The predicted molar refractivity (Wildman–Crippen MR) is 234 cm³/mol. The van der Waals surface area contributed by atoms with Gasteiger partial charge in [0.15, 0.2) is 0 Å². The first-order valence-electron chi connectivity index (χ1n) is 21.1. The van der Waals surface area contributed by atoms with Gasteiger partial charge in [-0.3, -0.25) is 14.9 Å². The standard InChI is InChI=1S/C47H46F3N9O5/c48-47(49,50)42-12-16-53-45(57-42)56-39-28-64-41(44(61)43(39)60)26-55-46(62)59-19-17-58(18-20-59)27-30-6-9-34(36-25-54-38-11-15-52-24-37(36)38)40(22-30)63-21-13-29-4-7-32(8-5-29)33-3-1-2-31-10-14-51-23-35(31)33/h1-12,14-16,22-25,39,41,43-44,54,60-61H,13,17-21,26-28H2,(H,55,62)(H,53,56,57)/t39-,41+,43+,44-/m0/s1. The van der Waals surface area contributed by atoms with Gasteiger partial charge in [0.2, 0.25) is 5.95 Å². The Morgan fingerprint density at radius 3 is 2.45 bits per heavy atom. The molecule has 2 amide bonds. The molecule has 6 heterocycles. The Balaban J connectivity index is 0.791. The Bertz CT molecular complexity index is 2720. The molecule has 4 aromatic heterocycles. The molecule has 330 valence electrons. The van der Waals surface area contributed by atoms with E-state index in [1.807, 2.05) is 36.9 Å². The number of amides is 2. The maximum absolute atomic E-state index is 13.2. The second kappa shape index (κ2) is 18.6. The van der Waals surface area contributed by atoms with Crippen LogP contribution in [0.2, 0.25) is 0 Å². The van der Waals surface area contributed by atoms with Crippen LogP contribution in [0.25, 0.3) is 43.9 Å². The number of nitrogens with zero attached hydrogens (tertiary/aromatic N) is 6. The minimum absolute atomic E-state index is 0.0833. The second-order valence-electron chi connectivity index (χ2n) is 16.0. The van der Waals surface area contributed by atoms with Gasteiger partial charge in [0.25, 0.3) is 0 Å². The van der Waals surface area contributed by atoms with Crippen molar-refractivity contribution in [1.82, 2.24) is 40.0 Å². The first-order valence-corrected chi connectivity index (χ1v) is 21.1. The second-order valence-corrected chi connectivity index (χ2v) is 16.0. The first kappa shape index (κ1) is 42.6. The van der Waals surface area contributed by atoms with Gasteiger partial charge in [0.05, 0.1) is 19.3 Å². The summed E-state index contributed by atoms with van der Waals surface area (Å²) in [6, 6.07) is 24.5. The molecule has 14 nitrogen and oxygen atoms in total. The highest BCUT2D eigenvalue weighted by atomic mass is 19.4. The third kappa shape index (κ3) is 9.47. The molecule has 2 saturated heterocycles. The lowest BCUT2D eigenvalue weighted by molar-refractivity contribution is -0.141. The summed E-state index contributed by atoms with van der Waals surface area (Å²) in [5.41, 5.74) is 6.30. The molecule has 17 heteroatoms. The number of rotatable bonds is 12. The van der Waals surface area contributed by atoms with Gasteiger partial charge in [-0.1, -0.05) is 54.6 Å². The van der Waals surface area contributed by atoms with Crippen molar-refractivity contribution in [3.63, 3.8) is 0 Å². The summed E-state index contributed by atoms with van der Waals surface area (Å²) in [5, 5.41) is 30.1. The molecular weight excluding hydrogens is 828 g/mol. The fraction of sp³-hybridized carbons (Fsp3) is 0.298. The molecule has 2 aliphatic heterocycles. The van der Waals surface area contributed by atoms with Gasteiger partial charge in [-0.2, -0.15) is 13.2 Å². The van der Waals surface area contributed by atoms with E-state index < -0.39 is 36.2 Å². The average Bonchev–Trinajstić information content (AvgIpc) is 3.74. The lowest BCUT2D eigenvalue weighted by Gasteiger charge is -2.39. The van der Waals surface area contributed by atoms with Gasteiger partial charge in [-0.25, -0.2) is 14.8 Å². The number of aromatic amines is 1. The van der Waals surface area contributed by atoms with E-state index in [-0.39, 0.29) is 25.1 Å². The Hall–Kier alpha value is -6.66. The molecule has 5 N–H and O–H groups in total. The van der Waals surface area contributed by atoms with Gasteiger partial charge < -0.3 is 40.2 Å². The van der Waals surface area contributed by atoms with E-state index in [0.29, 0.717) is 45.8 Å². The summed E-state index contributed by atoms with van der Waals surface area (Å²) in [6.07, 6.45) is 2.50. The van der Waals surface area contributed by atoms with Crippen LogP contribution >= 0.6 is 0 Å². The summed E-state index contributed by atoms with van der Waals surface area (Å²) in [4.78, 5) is 36.4. The summed E-state index contributed by atoms with van der Waals surface area (Å²) >= 11 is 0. The number of carbonyl (C=O) groups is 1. The summed E-state index contributed by atoms with van der Waals surface area (Å²) in [5.74, 6) is 0.405. The molecule has 9 rings (SSSR count). The van der Waals surface area contributed by atoms with Crippen molar-refractivity contribution in [1.29, 1.82) is 0 Å². The van der Waals surface area contributed by atoms with Crippen LogP contribution in [0.1, 0.15) is 16.8 Å². The number of ether oxygens (including phenoxy) is 2. The van der Waals surface area contributed by atoms with E-state index in [1.165, 1.54) is 0 Å². The molecule has 0 aliphatic carbocycles. The molecule has 2 fully saturated rings. The highest BCUT2D eigenvalue weighted by molar-refractivity contribution is 5.97. The number of H-pyrrole nitrogens is 1. The lowest BCUT2D eigenvalue weighted by Crippen LogP contribution is -2.59. The fourth-order valence-electron chi connectivity index (χ4n) is 8.30. The zero-order valence-corrected chi connectivity index (χ0v) is 34.6. The number of anilines is 1. The van der Waals surface area contributed by atoms with Crippen molar-refractivity contribution in [2.45, 2.75) is 43.5 Å². The number of aliphatic hydroxyl groups is 2. The largest absolute Gasteiger partial charge is 0.493 e. The minimum atomic E-state index is -4.67. The Labute approximate surface area is 366 Å². The normalized spacial score (nSPS) is 19.5. The molecule has 7 aromatic rings. The molecule has 0 unspecified atom stereocenters. The van der Waals surface area contributed by atoms with Crippen LogP contribution in [0.5, 0.6) is 5.75 Å². The highest BCUT2D eigenvalue weighted by Gasteiger charge is 2.40. The van der Waals surface area contributed by atoms with Crippen molar-refractivity contribution in [3.05, 3.63) is 133 Å². The number of halogens is 3. The quantitative estimate of drug-likeness (QED) is 0.0933. The number of nitrogens with one attached hydrogen (secondary N) is 3. The van der Waals surface area contributed by atoms with E-state index in [1.54, 1.807) is 11.1 Å². The van der Waals surface area contributed by atoms with E-state index in [9.17, 15) is 28.2 Å².